The predicted octanol–water partition coefficient (Wildman–Crippen LogP) is 5.34. The fraction of sp³-hybridized carbons (Fsp3) is 0.333. The molecule has 1 saturated heterocycles. The highest BCUT2D eigenvalue weighted by Crippen LogP contribution is 2.32. The van der Waals surface area contributed by atoms with E-state index < -0.39 is 15.9 Å². The van der Waals surface area contributed by atoms with Crippen molar-refractivity contribution in [3.8, 4) is 17.1 Å². The van der Waals surface area contributed by atoms with Crippen LogP contribution in [0.2, 0.25) is 15.1 Å². The zero-order valence-corrected chi connectivity index (χ0v) is 21.2. The summed E-state index contributed by atoms with van der Waals surface area (Å²) in [5.74, 6) is 1.83. The summed E-state index contributed by atoms with van der Waals surface area (Å²) in [6, 6.07) is 15.5. The maximum absolute atomic E-state index is 12.1. The monoisotopic (exact) mass is 543 g/mol. The summed E-state index contributed by atoms with van der Waals surface area (Å²) < 4.78 is 35.9. The summed E-state index contributed by atoms with van der Waals surface area (Å²) in [6.07, 6.45) is -0.370. The topological polar surface area (TPSA) is 80.0 Å². The van der Waals surface area contributed by atoms with Gasteiger partial charge in [0.1, 0.15) is 30.0 Å². The van der Waals surface area contributed by atoms with E-state index in [-0.39, 0.29) is 30.7 Å². The minimum atomic E-state index is -3.11. The molecule has 1 aromatic heterocycles. The van der Waals surface area contributed by atoms with Crippen LogP contribution in [-0.2, 0) is 16.4 Å². The molecule has 1 aliphatic rings. The van der Waals surface area contributed by atoms with Crippen molar-refractivity contribution < 1.29 is 22.7 Å². The first-order valence-electron chi connectivity index (χ1n) is 10.7. The van der Waals surface area contributed by atoms with Crippen molar-refractivity contribution >= 4 is 44.6 Å². The molecule has 0 aliphatic carbocycles. The molecule has 6 nitrogen and oxygen atoms in total. The van der Waals surface area contributed by atoms with Crippen molar-refractivity contribution in [2.24, 2.45) is 0 Å². The Morgan fingerprint density at radius 1 is 1.09 bits per heavy atom. The van der Waals surface area contributed by atoms with E-state index in [9.17, 15) is 13.5 Å². The molecule has 0 spiro atoms. The van der Waals surface area contributed by atoms with Crippen LogP contribution < -0.4 is 4.74 Å². The Balaban J connectivity index is 1.47. The molecule has 2 unspecified atom stereocenters. The number of aliphatic hydroxyl groups is 1. The number of nitrogens with zero attached hydrogens (tertiary/aromatic N) is 1. The van der Waals surface area contributed by atoms with Crippen LogP contribution in [0.1, 0.15) is 12.2 Å². The number of rotatable bonds is 9. The Morgan fingerprint density at radius 2 is 1.88 bits per heavy atom. The van der Waals surface area contributed by atoms with Gasteiger partial charge in [-0.25, -0.2) is 8.42 Å². The van der Waals surface area contributed by atoms with Crippen molar-refractivity contribution in [2.75, 3.05) is 24.7 Å². The molecule has 1 aliphatic heterocycles. The molecular formula is C24H24Cl3NO5S. The van der Waals surface area contributed by atoms with Crippen LogP contribution in [0, 0.1) is 0 Å². The second-order valence-electron chi connectivity index (χ2n) is 8.27. The summed E-state index contributed by atoms with van der Waals surface area (Å²) in [6.45, 7) is 0.543. The fourth-order valence-electron chi connectivity index (χ4n) is 3.97. The number of hydrogen-bond acceptors (Lipinski definition) is 6. The van der Waals surface area contributed by atoms with E-state index in [1.165, 1.54) is 0 Å². The SMILES string of the molecule is O=S1(=O)CCC(N(Cc2ccc(-c3cc(Cl)ccc3Cl)o2)CC(O)COc2ccccc2Cl)C1. The molecule has 0 amide bonds. The Morgan fingerprint density at radius 3 is 2.62 bits per heavy atom. The van der Waals surface area contributed by atoms with Crippen molar-refractivity contribution in [3.05, 3.63) is 75.4 Å². The van der Waals surface area contributed by atoms with Gasteiger partial charge in [0.05, 0.1) is 28.1 Å². The van der Waals surface area contributed by atoms with Crippen molar-refractivity contribution in [2.45, 2.75) is 25.1 Å². The van der Waals surface area contributed by atoms with Gasteiger partial charge in [-0.1, -0.05) is 46.9 Å². The van der Waals surface area contributed by atoms with Crippen molar-refractivity contribution in [1.29, 1.82) is 0 Å². The first-order chi connectivity index (χ1) is 16.2. The third-order valence-electron chi connectivity index (χ3n) is 5.65. The Labute approximate surface area is 213 Å². The number of hydrogen-bond donors (Lipinski definition) is 1. The van der Waals surface area contributed by atoms with E-state index in [4.69, 9.17) is 44.0 Å². The zero-order valence-electron chi connectivity index (χ0n) is 18.2. The number of aliphatic hydroxyl groups excluding tert-OH is 1. The number of sulfone groups is 1. The molecule has 2 aromatic carbocycles. The number of furan rings is 1. The minimum absolute atomic E-state index is 0.0151. The summed E-state index contributed by atoms with van der Waals surface area (Å²) in [5.41, 5.74) is 0.670. The maximum atomic E-state index is 12.1. The molecule has 2 heterocycles. The van der Waals surface area contributed by atoms with Gasteiger partial charge in [-0.2, -0.15) is 0 Å². The third-order valence-corrected chi connectivity index (χ3v) is 8.28. The van der Waals surface area contributed by atoms with Gasteiger partial charge < -0.3 is 14.3 Å². The summed E-state index contributed by atoms with van der Waals surface area (Å²) >= 11 is 18.5. The van der Waals surface area contributed by atoms with Gasteiger partial charge >= 0.3 is 0 Å². The molecule has 1 N–H and O–H groups in total. The highest BCUT2D eigenvalue weighted by molar-refractivity contribution is 7.91. The van der Waals surface area contributed by atoms with Crippen LogP contribution in [0.3, 0.4) is 0 Å². The van der Waals surface area contributed by atoms with Gasteiger partial charge in [0.25, 0.3) is 0 Å². The number of halogens is 3. The molecule has 3 aromatic rings. The Bertz CT molecular complexity index is 1250. The van der Waals surface area contributed by atoms with Crippen LogP contribution in [0.25, 0.3) is 11.3 Å². The van der Waals surface area contributed by atoms with E-state index in [0.717, 1.165) is 0 Å². The molecule has 0 bridgehead atoms. The van der Waals surface area contributed by atoms with Crippen LogP contribution in [0.4, 0.5) is 0 Å². The lowest BCUT2D eigenvalue weighted by Gasteiger charge is -2.29. The summed E-state index contributed by atoms with van der Waals surface area (Å²) in [7, 11) is -3.11. The van der Waals surface area contributed by atoms with Crippen LogP contribution in [0.15, 0.2) is 59.0 Å². The maximum Gasteiger partial charge on any atom is 0.151 e. The van der Waals surface area contributed by atoms with Gasteiger partial charge in [-0.05, 0) is 48.9 Å². The summed E-state index contributed by atoms with van der Waals surface area (Å²) in [5, 5.41) is 12.2. The highest BCUT2D eigenvalue weighted by Gasteiger charge is 2.33. The second-order valence-corrected chi connectivity index (χ2v) is 11.8. The van der Waals surface area contributed by atoms with Gasteiger partial charge in [-0.3, -0.25) is 4.90 Å². The number of para-hydroxylation sites is 1. The molecule has 0 radical (unpaired) electrons. The average molecular weight is 545 g/mol. The zero-order chi connectivity index (χ0) is 24.3. The van der Waals surface area contributed by atoms with Crippen LogP contribution >= 0.6 is 34.8 Å². The summed E-state index contributed by atoms with van der Waals surface area (Å²) in [4.78, 5) is 1.92. The van der Waals surface area contributed by atoms with Gasteiger partial charge in [0.15, 0.2) is 9.84 Å². The highest BCUT2D eigenvalue weighted by atomic mass is 35.5. The van der Waals surface area contributed by atoms with Gasteiger partial charge in [0.2, 0.25) is 0 Å². The molecule has 2 atom stereocenters. The van der Waals surface area contributed by atoms with E-state index in [2.05, 4.69) is 0 Å². The number of ether oxygens (including phenoxy) is 1. The first-order valence-corrected chi connectivity index (χ1v) is 13.7. The Hall–Kier alpha value is -1.74. The van der Waals surface area contributed by atoms with E-state index >= 15 is 0 Å². The lowest BCUT2D eigenvalue weighted by molar-refractivity contribution is 0.0498. The van der Waals surface area contributed by atoms with Gasteiger partial charge in [-0.15, -0.1) is 0 Å². The normalized spacial score (nSPS) is 18.3. The fourth-order valence-corrected chi connectivity index (χ4v) is 6.31. The smallest absolute Gasteiger partial charge is 0.151 e. The first kappa shape index (κ1) is 25.4. The van der Waals surface area contributed by atoms with Crippen molar-refractivity contribution in [3.63, 3.8) is 0 Å². The number of benzene rings is 2. The molecule has 34 heavy (non-hydrogen) atoms. The van der Waals surface area contributed by atoms with E-state index in [1.807, 2.05) is 11.0 Å². The molecule has 0 saturated carbocycles. The molecule has 10 heteroatoms. The quantitative estimate of drug-likeness (QED) is 0.392. The molecule has 182 valence electrons. The second kappa shape index (κ2) is 10.9. The van der Waals surface area contributed by atoms with Crippen LogP contribution in [0.5, 0.6) is 5.75 Å². The van der Waals surface area contributed by atoms with Crippen LogP contribution in [-0.4, -0.2) is 55.2 Å². The molecule has 1 fully saturated rings. The minimum Gasteiger partial charge on any atom is -0.489 e. The van der Waals surface area contributed by atoms with Crippen molar-refractivity contribution in [1.82, 2.24) is 4.90 Å². The van der Waals surface area contributed by atoms with E-state index in [0.29, 0.717) is 50.9 Å². The average Bonchev–Trinajstić information content (AvgIpc) is 3.40. The lowest BCUT2D eigenvalue weighted by Crippen LogP contribution is -2.42. The molecular weight excluding hydrogens is 521 g/mol. The molecule has 4 rings (SSSR count). The Kier molecular flexibility index (Phi) is 8.12. The predicted molar refractivity (Wildman–Crippen MR) is 135 cm³/mol. The van der Waals surface area contributed by atoms with E-state index in [1.54, 1.807) is 48.5 Å². The third kappa shape index (κ3) is 6.47. The van der Waals surface area contributed by atoms with Gasteiger partial charge in [0, 0.05) is 23.2 Å². The largest absolute Gasteiger partial charge is 0.489 e. The standard InChI is InChI=1S/C24H24Cl3NO5S/c25-16-5-7-21(26)20(11-16)23-8-6-19(33-23)13-28(17-9-10-34(30,31)15-17)12-18(29)14-32-24-4-2-1-3-22(24)27/h1-8,11,17-18,29H,9-10,12-15H2. The lowest BCUT2D eigenvalue weighted by atomic mass is 10.2.